The summed E-state index contributed by atoms with van der Waals surface area (Å²) < 4.78 is 5.57. The summed E-state index contributed by atoms with van der Waals surface area (Å²) in [6.07, 6.45) is 1.56. The van der Waals surface area contributed by atoms with Crippen molar-refractivity contribution in [3.05, 3.63) is 33.9 Å². The first-order valence-electron chi connectivity index (χ1n) is 3.84. The highest BCUT2D eigenvalue weighted by atomic mass is 79.9. The number of nitrogen functional groups attached to an aromatic ring is 1. The smallest absolute Gasteiger partial charge is 0.229 e. The second-order valence-electron chi connectivity index (χ2n) is 2.71. The fourth-order valence-corrected chi connectivity index (χ4v) is 1.82. The molecule has 2 N–H and O–H groups in total. The first-order chi connectivity index (χ1) is 6.70. The lowest BCUT2D eigenvalue weighted by Crippen LogP contribution is -1.85. The molecule has 0 spiro atoms. The average Bonchev–Trinajstić information content (AvgIpc) is 2.57. The molecule has 0 atom stereocenters. The van der Waals surface area contributed by atoms with E-state index in [1.54, 1.807) is 12.3 Å². The van der Waals surface area contributed by atoms with Crippen LogP contribution in [0.1, 0.15) is 0 Å². The predicted octanol–water partition coefficient (Wildman–Crippen LogP) is 3.34. The number of nitrogens with two attached hydrogens (primary N) is 1. The van der Waals surface area contributed by atoms with E-state index in [4.69, 9.17) is 21.9 Å². The molecule has 72 valence electrons. The Labute approximate surface area is 94.0 Å². The maximum Gasteiger partial charge on any atom is 0.229 e. The van der Waals surface area contributed by atoms with Crippen molar-refractivity contribution >= 4 is 33.4 Å². The summed E-state index contributed by atoms with van der Waals surface area (Å²) in [5, 5.41) is 4.23. The van der Waals surface area contributed by atoms with E-state index in [2.05, 4.69) is 21.1 Å². The van der Waals surface area contributed by atoms with Crippen molar-refractivity contribution in [3.8, 4) is 11.1 Å². The van der Waals surface area contributed by atoms with Gasteiger partial charge in [-0.25, -0.2) is 0 Å². The number of aromatic nitrogens is 1. The molecule has 0 aliphatic carbocycles. The van der Waals surface area contributed by atoms with Gasteiger partial charge < -0.3 is 10.3 Å². The lowest BCUT2D eigenvalue weighted by molar-refractivity contribution is 0.436. The van der Waals surface area contributed by atoms with Gasteiger partial charge in [0.2, 0.25) is 5.88 Å². The second-order valence-corrected chi connectivity index (χ2v) is 3.91. The number of hydrogen-bond acceptors (Lipinski definition) is 3. The molecular formula is C9H6BrClN2O. The van der Waals surface area contributed by atoms with Crippen molar-refractivity contribution in [3.63, 3.8) is 0 Å². The summed E-state index contributed by atoms with van der Waals surface area (Å²) in [4.78, 5) is 0. The minimum Gasteiger partial charge on any atom is -0.367 e. The Balaban J connectivity index is 2.63. The molecule has 2 aromatic rings. The quantitative estimate of drug-likeness (QED) is 0.867. The van der Waals surface area contributed by atoms with Gasteiger partial charge in [0.05, 0.1) is 16.8 Å². The zero-order chi connectivity index (χ0) is 10.1. The number of rotatable bonds is 1. The highest BCUT2D eigenvalue weighted by molar-refractivity contribution is 9.10. The maximum absolute atomic E-state index is 5.94. The zero-order valence-electron chi connectivity index (χ0n) is 7.00. The fraction of sp³-hybridized carbons (Fsp3) is 0. The lowest BCUT2D eigenvalue weighted by Gasteiger charge is -2.02. The van der Waals surface area contributed by atoms with Gasteiger partial charge in [0, 0.05) is 10.0 Å². The van der Waals surface area contributed by atoms with Gasteiger partial charge in [0.25, 0.3) is 0 Å². The molecule has 0 radical (unpaired) electrons. The summed E-state index contributed by atoms with van der Waals surface area (Å²) in [7, 11) is 0. The molecule has 3 nitrogen and oxygen atoms in total. The Morgan fingerprint density at radius 1 is 1.36 bits per heavy atom. The van der Waals surface area contributed by atoms with Crippen molar-refractivity contribution in [2.24, 2.45) is 0 Å². The molecule has 0 aliphatic rings. The van der Waals surface area contributed by atoms with Crippen LogP contribution < -0.4 is 5.73 Å². The van der Waals surface area contributed by atoms with E-state index in [1.807, 2.05) is 12.1 Å². The van der Waals surface area contributed by atoms with Crippen LogP contribution in [0.4, 0.5) is 5.88 Å². The van der Waals surface area contributed by atoms with Crippen LogP contribution in [0.15, 0.2) is 33.4 Å². The summed E-state index contributed by atoms with van der Waals surface area (Å²) in [5.41, 5.74) is 7.21. The zero-order valence-corrected chi connectivity index (χ0v) is 9.34. The fourth-order valence-electron chi connectivity index (χ4n) is 1.16. The topological polar surface area (TPSA) is 52.0 Å². The molecule has 0 saturated carbocycles. The predicted molar refractivity (Wildman–Crippen MR) is 59.1 cm³/mol. The Bertz CT molecular complexity index is 470. The molecule has 0 saturated heterocycles. The molecule has 0 bridgehead atoms. The van der Waals surface area contributed by atoms with Gasteiger partial charge >= 0.3 is 0 Å². The second kappa shape index (κ2) is 3.63. The third-order valence-electron chi connectivity index (χ3n) is 1.84. The van der Waals surface area contributed by atoms with E-state index in [1.165, 1.54) is 0 Å². The third-order valence-corrected chi connectivity index (χ3v) is 3.24. The van der Waals surface area contributed by atoms with Gasteiger partial charge in [-0.05, 0) is 22.0 Å². The average molecular weight is 274 g/mol. The molecule has 14 heavy (non-hydrogen) atoms. The van der Waals surface area contributed by atoms with Gasteiger partial charge in [0.15, 0.2) is 0 Å². The van der Waals surface area contributed by atoms with Crippen LogP contribution in [0.3, 0.4) is 0 Å². The van der Waals surface area contributed by atoms with E-state index in [0.29, 0.717) is 5.02 Å². The SMILES string of the molecule is Nc1oncc1-c1cccc(Cl)c1Br. The lowest BCUT2D eigenvalue weighted by atomic mass is 10.1. The van der Waals surface area contributed by atoms with Crippen LogP contribution in [0.5, 0.6) is 0 Å². The normalized spacial score (nSPS) is 10.4. The molecule has 0 unspecified atom stereocenters. The van der Waals surface area contributed by atoms with Gasteiger partial charge in [0.1, 0.15) is 0 Å². The van der Waals surface area contributed by atoms with Crippen LogP contribution in [0.2, 0.25) is 5.02 Å². The summed E-state index contributed by atoms with van der Waals surface area (Å²) in [6, 6.07) is 5.52. The van der Waals surface area contributed by atoms with Crippen LogP contribution >= 0.6 is 27.5 Å². The molecule has 1 aromatic carbocycles. The number of hydrogen-bond donors (Lipinski definition) is 1. The molecular weight excluding hydrogens is 267 g/mol. The highest BCUT2D eigenvalue weighted by Gasteiger charge is 2.11. The Hall–Kier alpha value is -1.000. The van der Waals surface area contributed by atoms with E-state index >= 15 is 0 Å². The highest BCUT2D eigenvalue weighted by Crippen LogP contribution is 2.36. The van der Waals surface area contributed by atoms with Crippen molar-refractivity contribution < 1.29 is 4.52 Å². The number of anilines is 1. The first-order valence-corrected chi connectivity index (χ1v) is 5.02. The summed E-state index contributed by atoms with van der Waals surface area (Å²) in [5.74, 6) is 0.285. The van der Waals surface area contributed by atoms with Crippen LogP contribution in [0.25, 0.3) is 11.1 Å². The van der Waals surface area contributed by atoms with Gasteiger partial charge in [-0.3, -0.25) is 0 Å². The molecule has 0 aliphatic heterocycles. The van der Waals surface area contributed by atoms with Gasteiger partial charge in [-0.15, -0.1) is 0 Å². The summed E-state index contributed by atoms with van der Waals surface area (Å²) >= 11 is 9.32. The molecule has 1 aromatic heterocycles. The minimum absolute atomic E-state index is 0.285. The Kier molecular flexibility index (Phi) is 2.48. The van der Waals surface area contributed by atoms with Crippen LogP contribution in [-0.2, 0) is 0 Å². The first kappa shape index (κ1) is 9.55. The number of halogens is 2. The molecule has 5 heteroatoms. The molecule has 2 rings (SSSR count). The minimum atomic E-state index is 0.285. The van der Waals surface area contributed by atoms with Gasteiger partial charge in [-0.1, -0.05) is 28.9 Å². The standard InChI is InChI=1S/C9H6BrClN2O/c10-8-5(2-1-3-7(8)11)6-4-13-14-9(6)12/h1-4H,12H2. The van der Waals surface area contributed by atoms with E-state index in [-0.39, 0.29) is 5.88 Å². The molecule has 0 amide bonds. The van der Waals surface area contributed by atoms with Gasteiger partial charge in [-0.2, -0.15) is 0 Å². The third kappa shape index (κ3) is 1.51. The Morgan fingerprint density at radius 2 is 2.14 bits per heavy atom. The monoisotopic (exact) mass is 272 g/mol. The summed E-state index contributed by atoms with van der Waals surface area (Å²) in [6.45, 7) is 0. The largest absolute Gasteiger partial charge is 0.367 e. The van der Waals surface area contributed by atoms with Crippen LogP contribution in [-0.4, -0.2) is 5.16 Å². The van der Waals surface area contributed by atoms with Crippen LogP contribution in [0, 0.1) is 0 Å². The van der Waals surface area contributed by atoms with E-state index in [0.717, 1.165) is 15.6 Å². The van der Waals surface area contributed by atoms with Crippen molar-refractivity contribution in [2.75, 3.05) is 5.73 Å². The maximum atomic E-state index is 5.94. The Morgan fingerprint density at radius 3 is 2.79 bits per heavy atom. The van der Waals surface area contributed by atoms with E-state index in [9.17, 15) is 0 Å². The van der Waals surface area contributed by atoms with Crippen molar-refractivity contribution in [1.29, 1.82) is 0 Å². The van der Waals surface area contributed by atoms with Crippen molar-refractivity contribution in [2.45, 2.75) is 0 Å². The van der Waals surface area contributed by atoms with Crippen molar-refractivity contribution in [1.82, 2.24) is 5.16 Å². The number of nitrogens with zero attached hydrogens (tertiary/aromatic N) is 1. The molecule has 0 fully saturated rings. The molecule has 1 heterocycles. The number of benzene rings is 1. The van der Waals surface area contributed by atoms with E-state index < -0.39 is 0 Å².